The van der Waals surface area contributed by atoms with Crippen LogP contribution >= 0.6 is 0 Å². The molecule has 2 fully saturated rings. The molecule has 2 atom stereocenters. The number of amides is 1. The van der Waals surface area contributed by atoms with Gasteiger partial charge in [-0.15, -0.1) is 0 Å². The largest absolute Gasteiger partial charge is 0.377 e. The number of hydrogen-bond donors (Lipinski definition) is 1. The third kappa shape index (κ3) is 3.68. The Kier molecular flexibility index (Phi) is 4.80. The molecule has 1 amide bonds. The fraction of sp³-hybridized carbons (Fsp3) is 0.923. The summed E-state index contributed by atoms with van der Waals surface area (Å²) in [5.41, 5.74) is 0. The highest BCUT2D eigenvalue weighted by Crippen LogP contribution is 2.13. The van der Waals surface area contributed by atoms with Crippen molar-refractivity contribution in [2.45, 2.75) is 51.2 Å². The number of hydrogen-bond acceptors (Lipinski definition) is 3. The van der Waals surface area contributed by atoms with Crippen LogP contribution in [-0.2, 0) is 9.53 Å². The minimum Gasteiger partial charge on any atom is -0.377 e. The molecule has 0 radical (unpaired) electrons. The van der Waals surface area contributed by atoms with Crippen molar-refractivity contribution in [3.63, 3.8) is 0 Å². The predicted octanol–water partition coefficient (Wildman–Crippen LogP) is 1.16. The average molecular weight is 240 g/mol. The lowest BCUT2D eigenvalue weighted by molar-refractivity contribution is -0.130. The van der Waals surface area contributed by atoms with E-state index < -0.39 is 0 Å². The number of likely N-dealkylation sites (tertiary alicyclic amines) is 1. The Morgan fingerprint density at radius 3 is 2.59 bits per heavy atom. The molecule has 0 saturated carbocycles. The van der Waals surface area contributed by atoms with E-state index in [0.717, 1.165) is 39.0 Å². The van der Waals surface area contributed by atoms with Gasteiger partial charge in [-0.25, -0.2) is 0 Å². The molecule has 1 N–H and O–H groups in total. The molecular weight excluding hydrogens is 216 g/mol. The number of ether oxygens (including phenoxy) is 1. The van der Waals surface area contributed by atoms with Crippen molar-refractivity contribution in [1.29, 1.82) is 0 Å². The van der Waals surface area contributed by atoms with Crippen molar-refractivity contribution in [2.75, 3.05) is 26.2 Å². The molecule has 4 nitrogen and oxygen atoms in total. The Morgan fingerprint density at radius 2 is 2.00 bits per heavy atom. The first-order valence-corrected chi connectivity index (χ1v) is 6.90. The first-order valence-electron chi connectivity index (χ1n) is 6.90. The summed E-state index contributed by atoms with van der Waals surface area (Å²) in [4.78, 5) is 14.1. The normalized spacial score (nSPS) is 30.3. The van der Waals surface area contributed by atoms with Crippen molar-refractivity contribution in [3.8, 4) is 0 Å². The molecule has 2 saturated heterocycles. The van der Waals surface area contributed by atoms with Gasteiger partial charge in [-0.2, -0.15) is 0 Å². The first kappa shape index (κ1) is 12.8. The van der Waals surface area contributed by atoms with Gasteiger partial charge in [-0.3, -0.25) is 4.79 Å². The molecule has 0 spiro atoms. The minimum atomic E-state index is 0.243. The Balaban J connectivity index is 1.72. The molecule has 0 aromatic heterocycles. The van der Waals surface area contributed by atoms with Crippen LogP contribution in [0.1, 0.15) is 39.0 Å². The summed E-state index contributed by atoms with van der Waals surface area (Å²) in [6.07, 6.45) is 6.12. The summed E-state index contributed by atoms with van der Waals surface area (Å²) < 4.78 is 5.48. The first-order chi connectivity index (χ1) is 8.27. The van der Waals surface area contributed by atoms with E-state index in [2.05, 4.69) is 12.2 Å². The lowest BCUT2D eigenvalue weighted by Gasteiger charge is -2.22. The lowest BCUT2D eigenvalue weighted by atomic mass is 10.1. The van der Waals surface area contributed by atoms with Crippen LogP contribution in [0.4, 0.5) is 0 Å². The predicted molar refractivity (Wildman–Crippen MR) is 66.9 cm³/mol. The fourth-order valence-corrected chi connectivity index (χ4v) is 2.65. The van der Waals surface area contributed by atoms with Gasteiger partial charge in [0.1, 0.15) is 0 Å². The third-order valence-electron chi connectivity index (χ3n) is 3.85. The maximum absolute atomic E-state index is 12.0. The molecule has 0 aromatic rings. The van der Waals surface area contributed by atoms with Gasteiger partial charge in [0.15, 0.2) is 0 Å². The van der Waals surface area contributed by atoms with Crippen LogP contribution in [0.5, 0.6) is 0 Å². The van der Waals surface area contributed by atoms with Crippen LogP contribution in [0.3, 0.4) is 0 Å². The van der Waals surface area contributed by atoms with Gasteiger partial charge in [0.2, 0.25) is 5.91 Å². The summed E-state index contributed by atoms with van der Waals surface area (Å²) in [7, 11) is 0. The van der Waals surface area contributed by atoms with Crippen LogP contribution in [-0.4, -0.2) is 49.2 Å². The van der Waals surface area contributed by atoms with E-state index in [1.807, 2.05) is 4.90 Å². The smallest absolute Gasteiger partial charge is 0.236 e. The zero-order valence-electron chi connectivity index (χ0n) is 10.8. The summed E-state index contributed by atoms with van der Waals surface area (Å²) >= 11 is 0. The Morgan fingerprint density at radius 1 is 1.29 bits per heavy atom. The van der Waals surface area contributed by atoms with Crippen molar-refractivity contribution >= 4 is 5.91 Å². The lowest BCUT2D eigenvalue weighted by Crippen LogP contribution is -2.44. The number of nitrogens with zero attached hydrogens (tertiary/aromatic N) is 1. The highest BCUT2D eigenvalue weighted by molar-refractivity contribution is 5.78. The van der Waals surface area contributed by atoms with E-state index in [9.17, 15) is 4.79 Å². The van der Waals surface area contributed by atoms with Gasteiger partial charge in [0, 0.05) is 25.7 Å². The molecule has 2 aliphatic rings. The van der Waals surface area contributed by atoms with Crippen LogP contribution in [0.25, 0.3) is 0 Å². The van der Waals surface area contributed by atoms with E-state index in [4.69, 9.17) is 4.74 Å². The molecule has 2 rings (SSSR count). The maximum Gasteiger partial charge on any atom is 0.236 e. The molecule has 0 aliphatic carbocycles. The molecule has 0 aromatic carbocycles. The fourth-order valence-electron chi connectivity index (χ4n) is 2.65. The van der Waals surface area contributed by atoms with E-state index in [0.29, 0.717) is 12.6 Å². The van der Waals surface area contributed by atoms with Crippen molar-refractivity contribution < 1.29 is 9.53 Å². The summed E-state index contributed by atoms with van der Waals surface area (Å²) in [5.74, 6) is 0.256. The molecule has 2 heterocycles. The van der Waals surface area contributed by atoms with E-state index in [1.54, 1.807) is 0 Å². The minimum absolute atomic E-state index is 0.243. The SMILES string of the molecule is CC1OCCC1NCC(=O)N1CCCCCC1. The Labute approximate surface area is 104 Å². The standard InChI is InChI=1S/C13H24N2O2/c1-11-12(6-9-17-11)14-10-13(16)15-7-4-2-3-5-8-15/h11-12,14H,2-10H2,1H3. The zero-order valence-corrected chi connectivity index (χ0v) is 10.8. The molecule has 0 bridgehead atoms. The van der Waals surface area contributed by atoms with E-state index >= 15 is 0 Å². The summed E-state index contributed by atoms with van der Waals surface area (Å²) in [5, 5.41) is 3.33. The van der Waals surface area contributed by atoms with Gasteiger partial charge in [0.05, 0.1) is 12.6 Å². The average Bonchev–Trinajstić information content (AvgIpc) is 2.58. The van der Waals surface area contributed by atoms with Gasteiger partial charge >= 0.3 is 0 Å². The highest BCUT2D eigenvalue weighted by atomic mass is 16.5. The second kappa shape index (κ2) is 6.36. The van der Waals surface area contributed by atoms with Crippen molar-refractivity contribution in [3.05, 3.63) is 0 Å². The summed E-state index contributed by atoms with van der Waals surface area (Å²) in [6, 6.07) is 0.353. The van der Waals surface area contributed by atoms with Crippen molar-refractivity contribution in [2.24, 2.45) is 0 Å². The maximum atomic E-state index is 12.0. The second-order valence-corrected chi connectivity index (χ2v) is 5.15. The monoisotopic (exact) mass is 240 g/mol. The summed E-state index contributed by atoms with van der Waals surface area (Å²) in [6.45, 7) is 5.24. The highest BCUT2D eigenvalue weighted by Gasteiger charge is 2.25. The van der Waals surface area contributed by atoms with Gasteiger partial charge in [-0.05, 0) is 26.2 Å². The quantitative estimate of drug-likeness (QED) is 0.805. The third-order valence-corrected chi connectivity index (χ3v) is 3.85. The Bertz CT molecular complexity index is 250. The molecular formula is C13H24N2O2. The van der Waals surface area contributed by atoms with Crippen molar-refractivity contribution in [1.82, 2.24) is 10.2 Å². The number of rotatable bonds is 3. The van der Waals surface area contributed by atoms with E-state index in [1.165, 1.54) is 12.8 Å². The van der Waals surface area contributed by atoms with Crippen LogP contribution in [0.2, 0.25) is 0 Å². The second-order valence-electron chi connectivity index (χ2n) is 5.15. The van der Waals surface area contributed by atoms with Crippen LogP contribution < -0.4 is 5.32 Å². The van der Waals surface area contributed by atoms with Crippen LogP contribution in [0.15, 0.2) is 0 Å². The molecule has 98 valence electrons. The van der Waals surface area contributed by atoms with Gasteiger partial charge in [-0.1, -0.05) is 12.8 Å². The number of carbonyl (C=O) groups excluding carboxylic acids is 1. The van der Waals surface area contributed by atoms with Gasteiger partial charge in [0.25, 0.3) is 0 Å². The number of carbonyl (C=O) groups is 1. The Hall–Kier alpha value is -0.610. The molecule has 17 heavy (non-hydrogen) atoms. The zero-order chi connectivity index (χ0) is 12.1. The number of nitrogens with one attached hydrogen (secondary N) is 1. The topological polar surface area (TPSA) is 41.6 Å². The van der Waals surface area contributed by atoms with Crippen LogP contribution in [0, 0.1) is 0 Å². The molecule has 2 aliphatic heterocycles. The molecule has 4 heteroatoms. The van der Waals surface area contributed by atoms with E-state index in [-0.39, 0.29) is 12.0 Å². The van der Waals surface area contributed by atoms with Gasteiger partial charge < -0.3 is 15.0 Å². The molecule has 2 unspecified atom stereocenters.